The monoisotopic (exact) mass is 388 g/mol. The minimum atomic E-state index is -0.316. The van der Waals surface area contributed by atoms with E-state index in [1.165, 1.54) is 0 Å². The molecule has 0 spiro atoms. The molecule has 1 N–H and O–H groups in total. The van der Waals surface area contributed by atoms with Crippen molar-refractivity contribution in [3.8, 4) is 17.1 Å². The van der Waals surface area contributed by atoms with Crippen LogP contribution in [0.2, 0.25) is 0 Å². The van der Waals surface area contributed by atoms with Gasteiger partial charge in [-0.25, -0.2) is 9.97 Å². The second-order valence-corrected chi connectivity index (χ2v) is 6.64. The first-order valence-corrected chi connectivity index (χ1v) is 9.39. The van der Waals surface area contributed by atoms with Crippen LogP contribution in [-0.4, -0.2) is 34.9 Å². The standard InChI is InChI=1S/C22H20N4O3/c27-20(25-17-13-23-22(24-14-17)16-6-2-1-3-7-16)15-29-19-9-4-8-18(12-19)26-11-5-10-21(26)28/h1-4,6-9,12-14H,5,10-11,15H2,(H,25,27). The fourth-order valence-electron chi connectivity index (χ4n) is 3.14. The lowest BCUT2D eigenvalue weighted by molar-refractivity contribution is -0.118. The van der Waals surface area contributed by atoms with Crippen LogP contribution in [-0.2, 0) is 9.59 Å². The average Bonchev–Trinajstić information content (AvgIpc) is 3.20. The molecule has 146 valence electrons. The third-order valence-corrected chi connectivity index (χ3v) is 4.54. The van der Waals surface area contributed by atoms with E-state index in [9.17, 15) is 9.59 Å². The third-order valence-electron chi connectivity index (χ3n) is 4.54. The Balaban J connectivity index is 1.33. The van der Waals surface area contributed by atoms with Gasteiger partial charge in [0.1, 0.15) is 5.75 Å². The second-order valence-electron chi connectivity index (χ2n) is 6.64. The molecule has 0 unspecified atom stereocenters. The summed E-state index contributed by atoms with van der Waals surface area (Å²) in [7, 11) is 0. The maximum absolute atomic E-state index is 12.2. The predicted octanol–water partition coefficient (Wildman–Crippen LogP) is 3.29. The fourth-order valence-corrected chi connectivity index (χ4v) is 3.14. The van der Waals surface area contributed by atoms with Crippen LogP contribution in [0.25, 0.3) is 11.4 Å². The largest absolute Gasteiger partial charge is 0.484 e. The molecule has 0 bridgehead atoms. The van der Waals surface area contributed by atoms with Crippen LogP contribution in [0.4, 0.5) is 11.4 Å². The predicted molar refractivity (Wildman–Crippen MR) is 110 cm³/mol. The lowest BCUT2D eigenvalue weighted by Gasteiger charge is -2.16. The SMILES string of the molecule is O=C(COc1cccc(N2CCCC2=O)c1)Nc1cnc(-c2ccccc2)nc1. The van der Waals surface area contributed by atoms with Gasteiger partial charge in [-0.15, -0.1) is 0 Å². The van der Waals surface area contributed by atoms with E-state index in [2.05, 4.69) is 15.3 Å². The number of aromatic nitrogens is 2. The number of rotatable bonds is 6. The summed E-state index contributed by atoms with van der Waals surface area (Å²) >= 11 is 0. The molecule has 1 aromatic heterocycles. The number of hydrogen-bond acceptors (Lipinski definition) is 5. The van der Waals surface area contributed by atoms with Crippen LogP contribution in [0, 0.1) is 0 Å². The van der Waals surface area contributed by atoms with Crippen molar-refractivity contribution in [1.29, 1.82) is 0 Å². The van der Waals surface area contributed by atoms with E-state index >= 15 is 0 Å². The van der Waals surface area contributed by atoms with Gasteiger partial charge < -0.3 is 15.0 Å². The quantitative estimate of drug-likeness (QED) is 0.700. The Morgan fingerprint density at radius 1 is 1.07 bits per heavy atom. The Bertz CT molecular complexity index is 1010. The molecule has 29 heavy (non-hydrogen) atoms. The molecular formula is C22H20N4O3. The molecule has 2 aromatic carbocycles. The normalized spacial score (nSPS) is 13.4. The van der Waals surface area contributed by atoms with Crippen molar-refractivity contribution in [3.05, 3.63) is 67.0 Å². The van der Waals surface area contributed by atoms with Crippen LogP contribution in [0.5, 0.6) is 5.75 Å². The summed E-state index contributed by atoms with van der Waals surface area (Å²) in [6.07, 6.45) is 4.55. The summed E-state index contributed by atoms with van der Waals surface area (Å²) in [4.78, 5) is 34.3. The summed E-state index contributed by atoms with van der Waals surface area (Å²) in [5.41, 5.74) is 2.19. The fraction of sp³-hybridized carbons (Fsp3) is 0.182. The van der Waals surface area contributed by atoms with Crippen molar-refractivity contribution >= 4 is 23.2 Å². The van der Waals surface area contributed by atoms with Gasteiger partial charge in [0.15, 0.2) is 12.4 Å². The molecule has 0 atom stereocenters. The van der Waals surface area contributed by atoms with Crippen molar-refractivity contribution < 1.29 is 14.3 Å². The highest BCUT2D eigenvalue weighted by atomic mass is 16.5. The molecule has 7 nitrogen and oxygen atoms in total. The van der Waals surface area contributed by atoms with E-state index in [0.717, 1.165) is 17.7 Å². The molecule has 1 fully saturated rings. The molecule has 2 heterocycles. The van der Waals surface area contributed by atoms with Crippen LogP contribution < -0.4 is 15.0 Å². The van der Waals surface area contributed by atoms with Gasteiger partial charge in [-0.3, -0.25) is 9.59 Å². The summed E-state index contributed by atoms with van der Waals surface area (Å²) < 4.78 is 5.58. The zero-order valence-electron chi connectivity index (χ0n) is 15.7. The minimum absolute atomic E-state index is 0.110. The van der Waals surface area contributed by atoms with Crippen molar-refractivity contribution in [2.45, 2.75) is 12.8 Å². The zero-order valence-corrected chi connectivity index (χ0v) is 15.7. The average molecular weight is 388 g/mol. The summed E-state index contributed by atoms with van der Waals surface area (Å²) in [5.74, 6) is 0.920. The van der Waals surface area contributed by atoms with Gasteiger partial charge in [-0.05, 0) is 18.6 Å². The molecule has 1 aliphatic rings. The Kier molecular flexibility index (Phi) is 5.47. The summed E-state index contributed by atoms with van der Waals surface area (Å²) in [6.45, 7) is 0.555. The molecule has 7 heteroatoms. The van der Waals surface area contributed by atoms with Gasteiger partial charge in [0, 0.05) is 30.3 Å². The van der Waals surface area contributed by atoms with Gasteiger partial charge in [0.25, 0.3) is 5.91 Å². The van der Waals surface area contributed by atoms with Gasteiger partial charge >= 0.3 is 0 Å². The number of anilines is 2. The topological polar surface area (TPSA) is 84.4 Å². The maximum Gasteiger partial charge on any atom is 0.262 e. The van der Waals surface area contributed by atoms with Crippen LogP contribution in [0.15, 0.2) is 67.0 Å². The molecule has 0 aliphatic carbocycles. The highest BCUT2D eigenvalue weighted by Crippen LogP contribution is 2.25. The third kappa shape index (κ3) is 4.57. The number of hydrogen-bond donors (Lipinski definition) is 1. The lowest BCUT2D eigenvalue weighted by Crippen LogP contribution is -2.24. The molecule has 0 saturated carbocycles. The number of nitrogens with one attached hydrogen (secondary N) is 1. The highest BCUT2D eigenvalue weighted by molar-refractivity contribution is 5.95. The second kappa shape index (κ2) is 8.52. The number of carbonyl (C=O) groups is 2. The molecule has 1 aliphatic heterocycles. The number of carbonyl (C=O) groups excluding carboxylic acids is 2. The minimum Gasteiger partial charge on any atom is -0.484 e. The van der Waals surface area contributed by atoms with Gasteiger partial charge in [0.05, 0.1) is 18.1 Å². The van der Waals surface area contributed by atoms with Crippen molar-refractivity contribution in [1.82, 2.24) is 9.97 Å². The first-order chi connectivity index (χ1) is 14.2. The van der Waals surface area contributed by atoms with Crippen molar-refractivity contribution in [3.63, 3.8) is 0 Å². The molecule has 2 amide bonds. The molecular weight excluding hydrogens is 368 g/mol. The highest BCUT2D eigenvalue weighted by Gasteiger charge is 2.21. The Morgan fingerprint density at radius 3 is 2.59 bits per heavy atom. The van der Waals surface area contributed by atoms with Gasteiger partial charge in [-0.1, -0.05) is 36.4 Å². The lowest BCUT2D eigenvalue weighted by atomic mass is 10.2. The van der Waals surface area contributed by atoms with Gasteiger partial charge in [-0.2, -0.15) is 0 Å². The number of amides is 2. The van der Waals surface area contributed by atoms with Crippen LogP contribution in [0.1, 0.15) is 12.8 Å². The molecule has 4 rings (SSSR count). The first kappa shape index (κ1) is 18.6. The summed E-state index contributed by atoms with van der Waals surface area (Å²) in [5, 5.41) is 2.71. The van der Waals surface area contributed by atoms with Crippen LogP contribution >= 0.6 is 0 Å². The smallest absolute Gasteiger partial charge is 0.262 e. The first-order valence-electron chi connectivity index (χ1n) is 9.39. The molecule has 1 saturated heterocycles. The Morgan fingerprint density at radius 2 is 1.86 bits per heavy atom. The van der Waals surface area contributed by atoms with Crippen LogP contribution in [0.3, 0.4) is 0 Å². The van der Waals surface area contributed by atoms with Crippen molar-refractivity contribution in [2.75, 3.05) is 23.4 Å². The van der Waals surface area contributed by atoms with E-state index in [4.69, 9.17) is 4.74 Å². The van der Waals surface area contributed by atoms with E-state index in [1.54, 1.807) is 29.4 Å². The summed E-state index contributed by atoms with van der Waals surface area (Å²) in [6, 6.07) is 16.8. The van der Waals surface area contributed by atoms with E-state index in [-0.39, 0.29) is 18.4 Å². The van der Waals surface area contributed by atoms with Gasteiger partial charge in [0.2, 0.25) is 5.91 Å². The maximum atomic E-state index is 12.2. The number of ether oxygens (including phenoxy) is 1. The number of benzene rings is 2. The van der Waals surface area contributed by atoms with E-state index < -0.39 is 0 Å². The zero-order chi connectivity index (χ0) is 20.1. The van der Waals surface area contributed by atoms with E-state index in [0.29, 0.717) is 30.2 Å². The molecule has 3 aromatic rings. The number of nitrogens with zero attached hydrogens (tertiary/aromatic N) is 3. The Labute approximate surface area is 168 Å². The van der Waals surface area contributed by atoms with Crippen molar-refractivity contribution in [2.24, 2.45) is 0 Å². The van der Waals surface area contributed by atoms with E-state index in [1.807, 2.05) is 42.5 Å². The Hall–Kier alpha value is -3.74. The molecule has 0 radical (unpaired) electrons.